The van der Waals surface area contributed by atoms with E-state index < -0.39 is 17.4 Å². The van der Waals surface area contributed by atoms with E-state index in [9.17, 15) is 14.4 Å². The van der Waals surface area contributed by atoms with Gasteiger partial charge in [0.1, 0.15) is 5.69 Å². The number of hydrogen-bond acceptors (Lipinski definition) is 3. The highest BCUT2D eigenvalue weighted by Gasteiger charge is 2.31. The van der Waals surface area contributed by atoms with E-state index in [2.05, 4.69) is 5.32 Å². The highest BCUT2D eigenvalue weighted by molar-refractivity contribution is 5.93. The van der Waals surface area contributed by atoms with Crippen molar-refractivity contribution in [3.05, 3.63) is 34.2 Å². The Morgan fingerprint density at radius 2 is 1.90 bits per heavy atom. The van der Waals surface area contributed by atoms with Gasteiger partial charge in [0, 0.05) is 13.1 Å². The number of carbonyl (C=O) groups is 2. The molecule has 0 unspecified atom stereocenters. The first-order valence-corrected chi connectivity index (χ1v) is 6.55. The molecule has 0 aliphatic rings. The first-order valence-electron chi connectivity index (χ1n) is 6.55. The Bertz CT molecular complexity index is 559. The lowest BCUT2D eigenvalue weighted by molar-refractivity contribution is -0.138. The summed E-state index contributed by atoms with van der Waals surface area (Å²) in [6, 6.07) is 4.41. The molecule has 110 valence electrons. The molecule has 0 aliphatic heterocycles. The normalized spacial score (nSPS) is 11.2. The van der Waals surface area contributed by atoms with Gasteiger partial charge in [0.05, 0.1) is 12.0 Å². The second kappa shape index (κ2) is 6.36. The van der Waals surface area contributed by atoms with Gasteiger partial charge >= 0.3 is 5.97 Å². The van der Waals surface area contributed by atoms with Crippen molar-refractivity contribution < 1.29 is 14.7 Å². The number of pyridine rings is 1. The molecule has 0 saturated heterocycles. The lowest BCUT2D eigenvalue weighted by Crippen LogP contribution is -2.50. The van der Waals surface area contributed by atoms with Crippen LogP contribution in [0, 0.1) is 0 Å². The van der Waals surface area contributed by atoms with Gasteiger partial charge in [-0.2, -0.15) is 0 Å². The van der Waals surface area contributed by atoms with Crippen LogP contribution >= 0.6 is 0 Å². The summed E-state index contributed by atoms with van der Waals surface area (Å²) >= 11 is 0. The van der Waals surface area contributed by atoms with Crippen LogP contribution in [0.2, 0.25) is 0 Å². The molecule has 0 spiro atoms. The Morgan fingerprint density at radius 1 is 1.30 bits per heavy atom. The molecular formula is C14H20N2O4. The quantitative estimate of drug-likeness (QED) is 0.818. The summed E-state index contributed by atoms with van der Waals surface area (Å²) in [4.78, 5) is 34.7. The minimum atomic E-state index is -0.962. The summed E-state index contributed by atoms with van der Waals surface area (Å²) < 4.78 is 1.24. The van der Waals surface area contributed by atoms with Crippen molar-refractivity contribution in [1.82, 2.24) is 9.88 Å². The maximum absolute atomic E-state index is 12.3. The van der Waals surface area contributed by atoms with Crippen molar-refractivity contribution in [3.63, 3.8) is 0 Å². The zero-order chi connectivity index (χ0) is 15.3. The molecule has 20 heavy (non-hydrogen) atoms. The molecule has 0 aromatic carbocycles. The summed E-state index contributed by atoms with van der Waals surface area (Å²) in [5.74, 6) is -1.40. The molecule has 6 heteroatoms. The molecule has 0 aliphatic carbocycles. The van der Waals surface area contributed by atoms with E-state index in [1.54, 1.807) is 0 Å². The zero-order valence-corrected chi connectivity index (χ0v) is 12.0. The largest absolute Gasteiger partial charge is 0.481 e. The number of carbonyl (C=O) groups excluding carboxylic acids is 1. The summed E-state index contributed by atoms with van der Waals surface area (Å²) in [6.45, 7) is 3.66. The first-order chi connectivity index (χ1) is 9.35. The van der Waals surface area contributed by atoms with E-state index >= 15 is 0 Å². The monoisotopic (exact) mass is 280 g/mol. The third-order valence-corrected chi connectivity index (χ3v) is 3.64. The fraction of sp³-hybridized carbons (Fsp3) is 0.500. The fourth-order valence-corrected chi connectivity index (χ4v) is 2.11. The van der Waals surface area contributed by atoms with Crippen LogP contribution in [-0.4, -0.2) is 27.1 Å². The second-order valence-electron chi connectivity index (χ2n) is 4.82. The third kappa shape index (κ3) is 3.46. The van der Waals surface area contributed by atoms with Gasteiger partial charge < -0.3 is 15.0 Å². The van der Waals surface area contributed by atoms with E-state index in [1.165, 1.54) is 29.8 Å². The number of rotatable bonds is 6. The van der Waals surface area contributed by atoms with E-state index in [0.29, 0.717) is 12.8 Å². The Balaban J connectivity index is 3.05. The molecule has 0 atom stereocenters. The summed E-state index contributed by atoms with van der Waals surface area (Å²) in [6.07, 6.45) is 0.858. The summed E-state index contributed by atoms with van der Waals surface area (Å²) in [5, 5.41) is 11.8. The molecule has 1 amide bonds. The average molecular weight is 280 g/mol. The Labute approximate surface area is 117 Å². The maximum Gasteiger partial charge on any atom is 0.305 e. The minimum absolute atomic E-state index is 0.146. The standard InChI is InChI=1S/C14H20N2O4/c1-4-14(5-2,9-12(18)19)15-13(20)10-7-6-8-11(17)16(10)3/h6-8H,4-5,9H2,1-3H3,(H,15,20)(H,18,19). The van der Waals surface area contributed by atoms with Crippen LogP contribution in [-0.2, 0) is 11.8 Å². The number of carboxylic acids is 1. The Kier molecular flexibility index (Phi) is 5.07. The molecule has 1 aromatic heterocycles. The number of aromatic nitrogens is 1. The topological polar surface area (TPSA) is 88.4 Å². The average Bonchev–Trinajstić information content (AvgIpc) is 2.40. The molecule has 2 N–H and O–H groups in total. The summed E-state index contributed by atoms with van der Waals surface area (Å²) in [5.41, 5.74) is -0.863. The lowest BCUT2D eigenvalue weighted by Gasteiger charge is -2.31. The molecule has 0 bridgehead atoms. The van der Waals surface area contributed by atoms with Gasteiger partial charge in [-0.25, -0.2) is 0 Å². The van der Waals surface area contributed by atoms with E-state index in [1.807, 2.05) is 13.8 Å². The fourth-order valence-electron chi connectivity index (χ4n) is 2.11. The molecule has 1 heterocycles. The van der Waals surface area contributed by atoms with Gasteiger partial charge in [0.25, 0.3) is 11.5 Å². The van der Waals surface area contributed by atoms with Crippen molar-refractivity contribution in [2.75, 3.05) is 0 Å². The molecule has 0 radical (unpaired) electrons. The molecule has 0 fully saturated rings. The van der Waals surface area contributed by atoms with Crippen molar-refractivity contribution in [2.45, 2.75) is 38.6 Å². The zero-order valence-electron chi connectivity index (χ0n) is 12.0. The lowest BCUT2D eigenvalue weighted by atomic mass is 9.88. The van der Waals surface area contributed by atoms with Crippen LogP contribution in [0.4, 0.5) is 0 Å². The van der Waals surface area contributed by atoms with Gasteiger partial charge in [0.2, 0.25) is 0 Å². The molecular weight excluding hydrogens is 260 g/mol. The molecule has 6 nitrogen and oxygen atoms in total. The predicted molar refractivity (Wildman–Crippen MR) is 74.7 cm³/mol. The smallest absolute Gasteiger partial charge is 0.305 e. The van der Waals surface area contributed by atoms with Crippen LogP contribution in [0.15, 0.2) is 23.0 Å². The predicted octanol–water partition coefficient (Wildman–Crippen LogP) is 1.15. The van der Waals surface area contributed by atoms with Crippen molar-refractivity contribution in [2.24, 2.45) is 7.05 Å². The Morgan fingerprint density at radius 3 is 2.40 bits per heavy atom. The highest BCUT2D eigenvalue weighted by Crippen LogP contribution is 2.20. The molecule has 1 rings (SSSR count). The van der Waals surface area contributed by atoms with Gasteiger partial charge in [-0.3, -0.25) is 14.4 Å². The van der Waals surface area contributed by atoms with Gasteiger partial charge in [-0.1, -0.05) is 19.9 Å². The van der Waals surface area contributed by atoms with Crippen molar-refractivity contribution in [1.29, 1.82) is 0 Å². The van der Waals surface area contributed by atoms with Crippen LogP contribution in [0.5, 0.6) is 0 Å². The Hall–Kier alpha value is -2.11. The number of amides is 1. The van der Waals surface area contributed by atoms with Crippen LogP contribution < -0.4 is 10.9 Å². The first kappa shape index (κ1) is 15.9. The molecule has 0 saturated carbocycles. The maximum atomic E-state index is 12.3. The van der Waals surface area contributed by atoms with Crippen molar-refractivity contribution in [3.8, 4) is 0 Å². The van der Waals surface area contributed by atoms with Gasteiger partial charge in [-0.15, -0.1) is 0 Å². The SMILES string of the molecule is CCC(CC)(CC(=O)O)NC(=O)c1cccc(=O)n1C. The highest BCUT2D eigenvalue weighted by atomic mass is 16.4. The van der Waals surface area contributed by atoms with E-state index in [4.69, 9.17) is 5.11 Å². The molecule has 1 aromatic rings. The van der Waals surface area contributed by atoms with Crippen LogP contribution in [0.3, 0.4) is 0 Å². The van der Waals surface area contributed by atoms with Crippen LogP contribution in [0.1, 0.15) is 43.6 Å². The summed E-state index contributed by atoms with van der Waals surface area (Å²) in [7, 11) is 1.51. The van der Waals surface area contributed by atoms with Crippen molar-refractivity contribution >= 4 is 11.9 Å². The number of nitrogens with zero attached hydrogens (tertiary/aromatic N) is 1. The third-order valence-electron chi connectivity index (χ3n) is 3.64. The number of nitrogens with one attached hydrogen (secondary N) is 1. The van der Waals surface area contributed by atoms with Gasteiger partial charge in [0.15, 0.2) is 0 Å². The number of hydrogen-bond donors (Lipinski definition) is 2. The van der Waals surface area contributed by atoms with E-state index in [-0.39, 0.29) is 17.7 Å². The van der Waals surface area contributed by atoms with Gasteiger partial charge in [-0.05, 0) is 18.9 Å². The second-order valence-corrected chi connectivity index (χ2v) is 4.82. The number of carboxylic acid groups (broad SMARTS) is 1. The minimum Gasteiger partial charge on any atom is -0.481 e. The van der Waals surface area contributed by atoms with Crippen LogP contribution in [0.25, 0.3) is 0 Å². The number of aliphatic carboxylic acids is 1. The van der Waals surface area contributed by atoms with E-state index in [0.717, 1.165) is 0 Å².